The summed E-state index contributed by atoms with van der Waals surface area (Å²) in [6, 6.07) is 6.87. The van der Waals surface area contributed by atoms with Crippen molar-refractivity contribution in [3.05, 3.63) is 29.8 Å². The van der Waals surface area contributed by atoms with Gasteiger partial charge in [0.2, 0.25) is 0 Å². The van der Waals surface area contributed by atoms with E-state index in [-0.39, 0.29) is 12.3 Å². The Hall–Kier alpha value is -1.88. The summed E-state index contributed by atoms with van der Waals surface area (Å²) in [6.07, 6.45) is 0.740. The van der Waals surface area contributed by atoms with Crippen molar-refractivity contribution in [2.24, 2.45) is 0 Å². The van der Waals surface area contributed by atoms with Crippen LogP contribution in [0.2, 0.25) is 0 Å². The number of likely N-dealkylation sites (tertiary alicyclic amines) is 1. The van der Waals surface area contributed by atoms with Crippen molar-refractivity contribution in [1.82, 2.24) is 4.90 Å². The summed E-state index contributed by atoms with van der Waals surface area (Å²) < 4.78 is 5.14. The number of ketones is 1. The number of carbonyl (C=O) groups excluding carboxylic acids is 1. The van der Waals surface area contributed by atoms with Crippen LogP contribution in [0.25, 0.3) is 0 Å². The molecule has 5 heteroatoms. The van der Waals surface area contributed by atoms with E-state index in [2.05, 4.69) is 0 Å². The first-order valence-corrected chi connectivity index (χ1v) is 6.21. The summed E-state index contributed by atoms with van der Waals surface area (Å²) in [6.45, 7) is 0.647. The van der Waals surface area contributed by atoms with Gasteiger partial charge in [-0.2, -0.15) is 0 Å². The normalized spacial score (nSPS) is 20.3. The monoisotopic (exact) mass is 263 g/mol. The van der Waals surface area contributed by atoms with Crippen LogP contribution in [0.1, 0.15) is 18.4 Å². The highest BCUT2D eigenvalue weighted by Crippen LogP contribution is 2.20. The molecule has 1 N–H and O–H groups in total. The number of aliphatic carboxylic acids is 1. The number of rotatable bonds is 4. The average Bonchev–Trinajstić information content (AvgIpc) is 2.38. The molecule has 0 saturated carbocycles. The number of benzene rings is 1. The van der Waals surface area contributed by atoms with Crippen molar-refractivity contribution in [2.45, 2.75) is 25.4 Å². The van der Waals surface area contributed by atoms with Crippen molar-refractivity contribution in [1.29, 1.82) is 0 Å². The molecule has 1 aromatic carbocycles. The molecule has 102 valence electrons. The van der Waals surface area contributed by atoms with Gasteiger partial charge in [-0.1, -0.05) is 12.1 Å². The van der Waals surface area contributed by atoms with Crippen LogP contribution in [0.3, 0.4) is 0 Å². The summed E-state index contributed by atoms with van der Waals surface area (Å²) in [4.78, 5) is 24.4. The minimum absolute atomic E-state index is 0.0976. The second-order valence-electron chi connectivity index (χ2n) is 4.69. The molecule has 1 unspecified atom stereocenters. The molecular weight excluding hydrogens is 246 g/mol. The number of carboxylic acid groups (broad SMARTS) is 1. The van der Waals surface area contributed by atoms with Gasteiger partial charge in [0.25, 0.3) is 0 Å². The van der Waals surface area contributed by atoms with Crippen LogP contribution in [0.5, 0.6) is 5.75 Å². The lowest BCUT2D eigenvalue weighted by atomic mass is 10.0. The fourth-order valence-electron chi connectivity index (χ4n) is 2.35. The third kappa shape index (κ3) is 3.32. The van der Waals surface area contributed by atoms with Crippen molar-refractivity contribution in [2.75, 3.05) is 13.7 Å². The van der Waals surface area contributed by atoms with E-state index in [4.69, 9.17) is 4.74 Å². The van der Waals surface area contributed by atoms with Crippen molar-refractivity contribution in [3.8, 4) is 5.75 Å². The molecule has 0 radical (unpaired) electrons. The van der Waals surface area contributed by atoms with E-state index in [1.165, 1.54) is 0 Å². The topological polar surface area (TPSA) is 66.8 Å². The molecule has 2 rings (SSSR count). The number of hydrogen-bond donors (Lipinski definition) is 1. The molecule has 1 aliphatic heterocycles. The number of methoxy groups -OCH3 is 1. The van der Waals surface area contributed by atoms with Gasteiger partial charge in [-0.15, -0.1) is 0 Å². The van der Waals surface area contributed by atoms with Crippen LogP contribution < -0.4 is 4.74 Å². The summed E-state index contributed by atoms with van der Waals surface area (Å²) >= 11 is 0. The lowest BCUT2D eigenvalue weighted by Crippen LogP contribution is -2.47. The first kappa shape index (κ1) is 13.5. The predicted molar refractivity (Wildman–Crippen MR) is 69.1 cm³/mol. The Morgan fingerprint density at radius 1 is 1.53 bits per heavy atom. The highest BCUT2D eigenvalue weighted by molar-refractivity contribution is 5.84. The second-order valence-corrected chi connectivity index (χ2v) is 4.69. The lowest BCUT2D eigenvalue weighted by Gasteiger charge is -2.32. The third-order valence-electron chi connectivity index (χ3n) is 3.32. The SMILES string of the molecule is COc1cccc(CN2CC(=O)CCC2C(=O)O)c1. The Morgan fingerprint density at radius 3 is 3.00 bits per heavy atom. The number of hydrogen-bond acceptors (Lipinski definition) is 4. The molecule has 1 saturated heterocycles. The van der Waals surface area contributed by atoms with Gasteiger partial charge >= 0.3 is 5.97 Å². The molecule has 5 nitrogen and oxygen atoms in total. The lowest BCUT2D eigenvalue weighted by molar-refractivity contribution is -0.146. The zero-order valence-corrected chi connectivity index (χ0v) is 10.8. The van der Waals surface area contributed by atoms with E-state index in [9.17, 15) is 14.7 Å². The van der Waals surface area contributed by atoms with Crippen molar-refractivity contribution >= 4 is 11.8 Å². The third-order valence-corrected chi connectivity index (χ3v) is 3.32. The number of ether oxygens (including phenoxy) is 1. The fourth-order valence-corrected chi connectivity index (χ4v) is 2.35. The van der Waals surface area contributed by atoms with Crippen LogP contribution in [0, 0.1) is 0 Å². The smallest absolute Gasteiger partial charge is 0.320 e. The number of Topliss-reactive ketones (excluding diaryl/α,β-unsaturated/α-hetero) is 1. The average molecular weight is 263 g/mol. The Bertz CT molecular complexity index is 486. The quantitative estimate of drug-likeness (QED) is 0.887. The summed E-state index contributed by atoms with van der Waals surface area (Å²) in [5, 5.41) is 9.20. The van der Waals surface area contributed by atoms with Gasteiger partial charge in [0.15, 0.2) is 0 Å². The molecule has 1 fully saturated rings. The standard InChI is InChI=1S/C14H17NO4/c1-19-12-4-2-3-10(7-12)8-15-9-11(16)5-6-13(15)14(17)18/h2-4,7,13H,5-6,8-9H2,1H3,(H,17,18). The van der Waals surface area contributed by atoms with Crippen LogP contribution in [-0.4, -0.2) is 41.5 Å². The molecule has 0 amide bonds. The minimum Gasteiger partial charge on any atom is -0.497 e. The molecule has 1 aromatic rings. The molecule has 0 aliphatic carbocycles. The highest BCUT2D eigenvalue weighted by Gasteiger charge is 2.31. The Balaban J connectivity index is 2.13. The molecule has 0 bridgehead atoms. The van der Waals surface area contributed by atoms with Gasteiger partial charge < -0.3 is 9.84 Å². The van der Waals surface area contributed by atoms with Gasteiger partial charge in [0.05, 0.1) is 13.7 Å². The van der Waals surface area contributed by atoms with Gasteiger partial charge in [0.1, 0.15) is 17.6 Å². The first-order valence-electron chi connectivity index (χ1n) is 6.21. The zero-order chi connectivity index (χ0) is 13.8. The van der Waals surface area contributed by atoms with E-state index in [0.717, 1.165) is 11.3 Å². The van der Waals surface area contributed by atoms with Gasteiger partial charge in [-0.05, 0) is 24.1 Å². The van der Waals surface area contributed by atoms with Crippen LogP contribution >= 0.6 is 0 Å². The maximum absolute atomic E-state index is 11.5. The second kappa shape index (κ2) is 5.84. The largest absolute Gasteiger partial charge is 0.497 e. The van der Waals surface area contributed by atoms with E-state index in [1.807, 2.05) is 24.3 Å². The van der Waals surface area contributed by atoms with Crippen molar-refractivity contribution in [3.63, 3.8) is 0 Å². The number of nitrogens with zero attached hydrogens (tertiary/aromatic N) is 1. The molecule has 1 aliphatic rings. The van der Waals surface area contributed by atoms with Gasteiger partial charge in [-0.3, -0.25) is 14.5 Å². The zero-order valence-electron chi connectivity index (χ0n) is 10.8. The maximum Gasteiger partial charge on any atom is 0.320 e. The molecule has 19 heavy (non-hydrogen) atoms. The van der Waals surface area contributed by atoms with Crippen LogP contribution in [0.15, 0.2) is 24.3 Å². The molecule has 1 heterocycles. The maximum atomic E-state index is 11.5. The summed E-state index contributed by atoms with van der Waals surface area (Å²) in [7, 11) is 1.59. The molecule has 0 aromatic heterocycles. The molecule has 1 atom stereocenters. The molecular formula is C14H17NO4. The van der Waals surface area contributed by atoms with Crippen molar-refractivity contribution < 1.29 is 19.4 Å². The van der Waals surface area contributed by atoms with Crippen LogP contribution in [-0.2, 0) is 16.1 Å². The van der Waals surface area contributed by atoms with Gasteiger partial charge in [-0.25, -0.2) is 0 Å². The van der Waals surface area contributed by atoms with E-state index in [1.54, 1.807) is 12.0 Å². The number of carboxylic acids is 1. The number of carbonyl (C=O) groups is 2. The Morgan fingerprint density at radius 2 is 2.32 bits per heavy atom. The highest BCUT2D eigenvalue weighted by atomic mass is 16.5. The van der Waals surface area contributed by atoms with E-state index in [0.29, 0.717) is 19.4 Å². The number of piperidine rings is 1. The summed E-state index contributed by atoms with van der Waals surface area (Å²) in [5.41, 5.74) is 0.945. The first-order chi connectivity index (χ1) is 9.10. The minimum atomic E-state index is -0.865. The van der Waals surface area contributed by atoms with E-state index >= 15 is 0 Å². The van der Waals surface area contributed by atoms with E-state index < -0.39 is 12.0 Å². The molecule has 0 spiro atoms. The van der Waals surface area contributed by atoms with Gasteiger partial charge in [0, 0.05) is 13.0 Å². The summed E-state index contributed by atoms with van der Waals surface area (Å²) in [5.74, 6) is -0.0384. The van der Waals surface area contributed by atoms with Crippen LogP contribution in [0.4, 0.5) is 0 Å². The fraction of sp³-hybridized carbons (Fsp3) is 0.429. The Kier molecular flexibility index (Phi) is 4.16. The Labute approximate surface area is 111 Å². The predicted octanol–water partition coefficient (Wildman–Crippen LogP) is 1.31.